The molecule has 1 N–H and O–H groups in total. The summed E-state index contributed by atoms with van der Waals surface area (Å²) in [6, 6.07) is 2.67. The Morgan fingerprint density at radius 2 is 2.20 bits per heavy atom. The fraction of sp³-hybridized carbons (Fsp3) is 0.100. The third kappa shape index (κ3) is 1.34. The first-order valence-corrected chi connectivity index (χ1v) is 4.52. The molecule has 5 heteroatoms. The lowest BCUT2D eigenvalue weighted by Crippen LogP contribution is -1.98. The van der Waals surface area contributed by atoms with Crippen LogP contribution in [-0.2, 0) is 0 Å². The third-order valence-electron chi connectivity index (χ3n) is 2.15. The van der Waals surface area contributed by atoms with Crippen molar-refractivity contribution in [3.8, 4) is 5.75 Å². The van der Waals surface area contributed by atoms with Gasteiger partial charge in [-0.25, -0.2) is 4.79 Å². The number of carboxylic acids is 1. The van der Waals surface area contributed by atoms with Crippen molar-refractivity contribution >= 4 is 28.5 Å². The molecule has 0 spiro atoms. The van der Waals surface area contributed by atoms with Gasteiger partial charge in [-0.1, -0.05) is 23.4 Å². The first-order valence-electron chi connectivity index (χ1n) is 4.14. The maximum absolute atomic E-state index is 11.3. The summed E-state index contributed by atoms with van der Waals surface area (Å²) < 4.78 is 5.19. The van der Waals surface area contributed by atoms with E-state index in [1.807, 2.05) is 0 Å². The van der Waals surface area contributed by atoms with Gasteiger partial charge in [0.25, 0.3) is 0 Å². The van der Waals surface area contributed by atoms with Gasteiger partial charge in [0.2, 0.25) is 0 Å². The van der Waals surface area contributed by atoms with E-state index >= 15 is 0 Å². The zero-order chi connectivity index (χ0) is 11.2. The Labute approximate surface area is 89.7 Å². The Balaban J connectivity index is 2.96. The summed E-state index contributed by atoms with van der Waals surface area (Å²) in [5.41, 5.74) is 0.266. The number of hydrogen-bond acceptors (Lipinski definition) is 3. The molecule has 0 amide bonds. The zero-order valence-corrected chi connectivity index (χ0v) is 8.46. The highest BCUT2D eigenvalue weighted by Crippen LogP contribution is 2.35. The van der Waals surface area contributed by atoms with Gasteiger partial charge in [-0.2, -0.15) is 0 Å². The Hall–Kier alpha value is -1.68. The van der Waals surface area contributed by atoms with Crippen LogP contribution in [0.4, 0.5) is 0 Å². The molecule has 15 heavy (non-hydrogen) atoms. The first-order chi connectivity index (χ1) is 7.02. The van der Waals surface area contributed by atoms with Crippen molar-refractivity contribution in [1.29, 1.82) is 0 Å². The number of fused-ring (bicyclic) bond motifs is 1. The monoisotopic (exact) mass is 225 g/mol. The Bertz CT molecular complexity index is 556. The molecule has 0 saturated heterocycles. The summed E-state index contributed by atoms with van der Waals surface area (Å²) in [7, 11) is 0. The molecule has 78 valence electrons. The number of aromatic carboxylic acids is 1. The highest BCUT2D eigenvalue weighted by molar-refractivity contribution is 6.38. The van der Waals surface area contributed by atoms with E-state index in [1.54, 1.807) is 0 Å². The number of carbonyl (C=O) groups is 1. The minimum absolute atomic E-state index is 0.0484. The number of carboxylic acid groups (broad SMARTS) is 1. The van der Waals surface area contributed by atoms with Gasteiger partial charge in [0, 0.05) is 5.02 Å². The molecule has 4 nitrogen and oxygen atoms in total. The second-order valence-electron chi connectivity index (χ2n) is 3.09. The lowest BCUT2D eigenvalue weighted by molar-refractivity contribution is -0.268. The van der Waals surface area contributed by atoms with Crippen molar-refractivity contribution in [3.05, 3.63) is 28.5 Å². The van der Waals surface area contributed by atoms with Crippen LogP contribution in [0.2, 0.25) is 5.02 Å². The standard InChI is InChI=1S/C10H7ClO4/c1-4-7(10(13)14)8-6(15-4)3-2-5(12)9(8)11/h2-3,12H,1H3,(H,13,14)/p-1. The smallest absolute Gasteiger partial charge is 0.339 e. The number of rotatable bonds is 1. The van der Waals surface area contributed by atoms with Gasteiger partial charge in [-0.05, 0) is 13.0 Å². The minimum atomic E-state index is -1.15. The molecule has 0 fully saturated rings. The molecule has 0 radical (unpaired) electrons. The van der Waals surface area contributed by atoms with Crippen LogP contribution in [0.15, 0.2) is 16.5 Å². The van der Waals surface area contributed by atoms with Crippen molar-refractivity contribution < 1.29 is 19.4 Å². The topological polar surface area (TPSA) is 73.5 Å². The summed E-state index contributed by atoms with van der Waals surface area (Å²) in [6.07, 6.45) is 0. The maximum Gasteiger partial charge on any atom is 0.339 e. The van der Waals surface area contributed by atoms with Gasteiger partial charge in [0.1, 0.15) is 16.9 Å². The molecule has 0 bridgehead atoms. The van der Waals surface area contributed by atoms with Crippen molar-refractivity contribution in [3.63, 3.8) is 0 Å². The van der Waals surface area contributed by atoms with E-state index in [4.69, 9.17) is 21.1 Å². The molecule has 0 aliphatic carbocycles. The van der Waals surface area contributed by atoms with Gasteiger partial charge in [-0.3, -0.25) is 0 Å². The minimum Gasteiger partial charge on any atom is -0.871 e. The van der Waals surface area contributed by atoms with Crippen LogP contribution in [0.5, 0.6) is 5.75 Å². The number of furan rings is 1. The predicted octanol–water partition coefficient (Wildman–Crippen LogP) is 2.17. The van der Waals surface area contributed by atoms with Crippen molar-refractivity contribution in [1.82, 2.24) is 0 Å². The van der Waals surface area contributed by atoms with Crippen LogP contribution in [0.1, 0.15) is 16.1 Å². The van der Waals surface area contributed by atoms with E-state index in [1.165, 1.54) is 19.1 Å². The van der Waals surface area contributed by atoms with Gasteiger partial charge >= 0.3 is 5.97 Å². The molecule has 0 unspecified atom stereocenters. The zero-order valence-electron chi connectivity index (χ0n) is 7.70. The fourth-order valence-corrected chi connectivity index (χ4v) is 1.76. The van der Waals surface area contributed by atoms with Crippen LogP contribution in [0, 0.1) is 6.92 Å². The molecule has 2 rings (SSSR count). The number of aryl methyl sites for hydroxylation is 1. The molecule has 1 heterocycles. The van der Waals surface area contributed by atoms with E-state index in [0.29, 0.717) is 5.58 Å². The number of benzene rings is 1. The predicted molar refractivity (Wildman–Crippen MR) is 52.4 cm³/mol. The molecular weight excluding hydrogens is 220 g/mol. The fourth-order valence-electron chi connectivity index (χ4n) is 1.51. The summed E-state index contributed by atoms with van der Waals surface area (Å²) in [4.78, 5) is 10.9. The van der Waals surface area contributed by atoms with Crippen LogP contribution in [0.25, 0.3) is 11.0 Å². The van der Waals surface area contributed by atoms with Crippen LogP contribution < -0.4 is 5.11 Å². The highest BCUT2D eigenvalue weighted by atomic mass is 35.5. The highest BCUT2D eigenvalue weighted by Gasteiger charge is 2.19. The number of halogens is 1. The number of hydrogen-bond donors (Lipinski definition) is 1. The first kappa shape index (κ1) is 9.86. The molecule has 1 aromatic heterocycles. The largest absolute Gasteiger partial charge is 0.871 e. The Morgan fingerprint density at radius 3 is 2.80 bits per heavy atom. The van der Waals surface area contributed by atoms with E-state index in [-0.39, 0.29) is 21.7 Å². The summed E-state index contributed by atoms with van der Waals surface area (Å²) in [6.45, 7) is 1.52. The van der Waals surface area contributed by atoms with E-state index in [0.717, 1.165) is 0 Å². The molecule has 0 aliphatic rings. The lowest BCUT2D eigenvalue weighted by Gasteiger charge is -2.07. The second-order valence-corrected chi connectivity index (χ2v) is 3.47. The van der Waals surface area contributed by atoms with E-state index in [2.05, 4.69) is 0 Å². The Morgan fingerprint density at radius 1 is 1.53 bits per heavy atom. The van der Waals surface area contributed by atoms with Gasteiger partial charge in [0.05, 0.1) is 5.39 Å². The third-order valence-corrected chi connectivity index (χ3v) is 2.52. The maximum atomic E-state index is 11.3. The van der Waals surface area contributed by atoms with E-state index in [9.17, 15) is 9.90 Å². The molecule has 1 aromatic carbocycles. The summed E-state index contributed by atoms with van der Waals surface area (Å²) in [5.74, 6) is -1.32. The lowest BCUT2D eigenvalue weighted by atomic mass is 10.1. The summed E-state index contributed by atoms with van der Waals surface area (Å²) in [5, 5.41) is 20.3. The molecule has 0 aliphatic heterocycles. The molecule has 0 saturated carbocycles. The van der Waals surface area contributed by atoms with Crippen LogP contribution in [-0.4, -0.2) is 11.1 Å². The normalized spacial score (nSPS) is 10.8. The van der Waals surface area contributed by atoms with Crippen LogP contribution in [0.3, 0.4) is 0 Å². The molecular formula is C10H6ClO4-. The SMILES string of the molecule is Cc1oc2ccc([O-])c(Cl)c2c1C(=O)O. The van der Waals surface area contributed by atoms with E-state index < -0.39 is 11.7 Å². The Kier molecular flexibility index (Phi) is 2.08. The van der Waals surface area contributed by atoms with Gasteiger partial charge in [-0.15, -0.1) is 0 Å². The van der Waals surface area contributed by atoms with Crippen molar-refractivity contribution in [2.75, 3.05) is 0 Å². The summed E-state index contributed by atoms with van der Waals surface area (Å²) >= 11 is 5.75. The van der Waals surface area contributed by atoms with Crippen molar-refractivity contribution in [2.45, 2.75) is 6.92 Å². The molecule has 2 aromatic rings. The van der Waals surface area contributed by atoms with Gasteiger partial charge in [0.15, 0.2) is 0 Å². The second kappa shape index (κ2) is 3.17. The molecule has 0 atom stereocenters. The van der Waals surface area contributed by atoms with Crippen molar-refractivity contribution in [2.24, 2.45) is 0 Å². The average Bonchev–Trinajstić information content (AvgIpc) is 2.49. The van der Waals surface area contributed by atoms with Crippen LogP contribution >= 0.6 is 11.6 Å². The van der Waals surface area contributed by atoms with Gasteiger partial charge < -0.3 is 14.6 Å². The average molecular weight is 226 g/mol. The quantitative estimate of drug-likeness (QED) is 0.807.